The Morgan fingerprint density at radius 1 is 1.20 bits per heavy atom. The lowest BCUT2D eigenvalue weighted by Crippen LogP contribution is -2.04. The van der Waals surface area contributed by atoms with E-state index in [1.165, 1.54) is 18.2 Å². The molecule has 1 nitrogen and oxygen atoms in total. The molecule has 1 aromatic rings. The van der Waals surface area contributed by atoms with Crippen molar-refractivity contribution in [1.82, 2.24) is 5.32 Å². The minimum atomic E-state index is 1.17. The Bertz CT molecular complexity index is 110. The van der Waals surface area contributed by atoms with Gasteiger partial charge in [0.15, 0.2) is 0 Å². The van der Waals surface area contributed by atoms with Crippen molar-refractivity contribution < 1.29 is 0 Å². The molecule has 1 aliphatic rings. The molecule has 0 aromatic carbocycles. The fraction of sp³-hybridized carbons (Fsp3) is 0.429. The maximum absolute atomic E-state index is 3.19. The zero-order valence-electron chi connectivity index (χ0n) is 5.75. The second-order valence-corrected chi connectivity index (χ2v) is 3.77. The summed E-state index contributed by atoms with van der Waals surface area (Å²) < 4.78 is 0. The van der Waals surface area contributed by atoms with Crippen LogP contribution < -0.4 is 5.32 Å². The predicted molar refractivity (Wildman–Crippen MR) is 49.6 cm³/mol. The molecule has 1 saturated heterocycles. The van der Waals surface area contributed by atoms with E-state index < -0.39 is 0 Å². The van der Waals surface area contributed by atoms with Gasteiger partial charge in [-0.05, 0) is 10.8 Å². The third-order valence-corrected chi connectivity index (χ3v) is 2.58. The SMILES string of the molecule is C1CSCN1.c1ccsc1. The summed E-state index contributed by atoms with van der Waals surface area (Å²) in [6.07, 6.45) is 0. The minimum absolute atomic E-state index is 1.17. The topological polar surface area (TPSA) is 12.0 Å². The van der Waals surface area contributed by atoms with Gasteiger partial charge in [0.05, 0.1) is 0 Å². The number of thioether (sulfide) groups is 1. The van der Waals surface area contributed by atoms with Crippen LogP contribution in [-0.2, 0) is 0 Å². The molecule has 56 valence electrons. The summed E-state index contributed by atoms with van der Waals surface area (Å²) in [7, 11) is 0. The van der Waals surface area contributed by atoms with Crippen molar-refractivity contribution in [2.75, 3.05) is 18.2 Å². The lowest BCUT2D eigenvalue weighted by molar-refractivity contribution is 0.885. The predicted octanol–water partition coefficient (Wildman–Crippen LogP) is 2.03. The molecule has 0 atom stereocenters. The number of rotatable bonds is 0. The van der Waals surface area contributed by atoms with Crippen molar-refractivity contribution >= 4 is 23.1 Å². The average Bonchev–Trinajstić information content (AvgIpc) is 2.67. The van der Waals surface area contributed by atoms with Crippen LogP contribution in [0.1, 0.15) is 0 Å². The van der Waals surface area contributed by atoms with Crippen molar-refractivity contribution in [1.29, 1.82) is 0 Å². The highest BCUT2D eigenvalue weighted by Crippen LogP contribution is 1.99. The molecular weight excluding hydrogens is 162 g/mol. The van der Waals surface area contributed by atoms with E-state index in [1.807, 2.05) is 34.7 Å². The van der Waals surface area contributed by atoms with Gasteiger partial charge in [-0.3, -0.25) is 0 Å². The summed E-state index contributed by atoms with van der Waals surface area (Å²) in [5.41, 5.74) is 0. The van der Waals surface area contributed by atoms with Crippen molar-refractivity contribution in [3.63, 3.8) is 0 Å². The van der Waals surface area contributed by atoms with Gasteiger partial charge >= 0.3 is 0 Å². The molecule has 1 N–H and O–H groups in total. The maximum atomic E-state index is 3.19. The molecule has 2 rings (SSSR count). The number of thiophene rings is 1. The van der Waals surface area contributed by atoms with Gasteiger partial charge < -0.3 is 5.32 Å². The normalized spacial score (nSPS) is 16.0. The van der Waals surface area contributed by atoms with Crippen LogP contribution in [0.5, 0.6) is 0 Å². The van der Waals surface area contributed by atoms with Gasteiger partial charge in [0.25, 0.3) is 0 Å². The zero-order valence-corrected chi connectivity index (χ0v) is 7.38. The molecule has 3 heteroatoms. The van der Waals surface area contributed by atoms with E-state index in [2.05, 4.69) is 5.32 Å². The Morgan fingerprint density at radius 3 is 2.20 bits per heavy atom. The van der Waals surface area contributed by atoms with Crippen LogP contribution in [-0.4, -0.2) is 18.2 Å². The molecule has 10 heavy (non-hydrogen) atoms. The van der Waals surface area contributed by atoms with Gasteiger partial charge in [-0.15, -0.1) is 11.8 Å². The molecule has 2 heterocycles. The van der Waals surface area contributed by atoms with Crippen LogP contribution in [0.2, 0.25) is 0 Å². The molecule has 0 spiro atoms. The second-order valence-electron chi connectivity index (χ2n) is 1.85. The van der Waals surface area contributed by atoms with Gasteiger partial charge in [-0.2, -0.15) is 11.3 Å². The molecule has 0 saturated carbocycles. The van der Waals surface area contributed by atoms with E-state index in [4.69, 9.17) is 0 Å². The Kier molecular flexibility index (Phi) is 4.68. The van der Waals surface area contributed by atoms with E-state index in [0.29, 0.717) is 0 Å². The molecule has 1 aliphatic heterocycles. The van der Waals surface area contributed by atoms with Crippen molar-refractivity contribution in [3.8, 4) is 0 Å². The fourth-order valence-electron chi connectivity index (χ4n) is 0.588. The quantitative estimate of drug-likeness (QED) is 0.644. The molecule has 0 unspecified atom stereocenters. The lowest BCUT2D eigenvalue weighted by atomic mass is 10.7. The van der Waals surface area contributed by atoms with Gasteiger partial charge in [-0.1, -0.05) is 12.1 Å². The molecule has 0 amide bonds. The summed E-state index contributed by atoms with van der Waals surface area (Å²) >= 11 is 3.68. The van der Waals surface area contributed by atoms with Crippen molar-refractivity contribution in [3.05, 3.63) is 22.9 Å². The smallest absolute Gasteiger partial charge is 0.0418 e. The van der Waals surface area contributed by atoms with Crippen molar-refractivity contribution in [2.45, 2.75) is 0 Å². The first-order valence-corrected chi connectivity index (χ1v) is 5.35. The summed E-state index contributed by atoms with van der Waals surface area (Å²) in [6, 6.07) is 4.04. The minimum Gasteiger partial charge on any atom is -0.307 e. The van der Waals surface area contributed by atoms with E-state index in [0.717, 1.165) is 0 Å². The first-order chi connectivity index (χ1) is 5.00. The summed E-state index contributed by atoms with van der Waals surface area (Å²) in [5, 5.41) is 7.27. The van der Waals surface area contributed by atoms with Gasteiger partial charge in [-0.25, -0.2) is 0 Å². The van der Waals surface area contributed by atoms with Crippen molar-refractivity contribution in [2.24, 2.45) is 0 Å². The van der Waals surface area contributed by atoms with E-state index in [1.54, 1.807) is 11.3 Å². The Hall–Kier alpha value is 0.01000. The van der Waals surface area contributed by atoms with Crippen LogP contribution >= 0.6 is 23.1 Å². The van der Waals surface area contributed by atoms with E-state index in [9.17, 15) is 0 Å². The van der Waals surface area contributed by atoms with E-state index in [-0.39, 0.29) is 0 Å². The molecule has 0 radical (unpaired) electrons. The highest BCUT2D eigenvalue weighted by molar-refractivity contribution is 7.99. The van der Waals surface area contributed by atoms with Crippen LogP contribution in [0, 0.1) is 0 Å². The standard InChI is InChI=1S/C4H4S.C3H7NS/c1-2-4-5-3-1;1-2-5-3-4-1/h1-4H;4H,1-3H2. The lowest BCUT2D eigenvalue weighted by Gasteiger charge is -1.74. The molecule has 1 aromatic heterocycles. The number of hydrogen-bond acceptors (Lipinski definition) is 3. The molecule has 0 bridgehead atoms. The summed E-state index contributed by atoms with van der Waals surface area (Å²) in [4.78, 5) is 0. The second kappa shape index (κ2) is 5.77. The molecular formula is C7H11NS2. The van der Waals surface area contributed by atoms with Gasteiger partial charge in [0.2, 0.25) is 0 Å². The van der Waals surface area contributed by atoms with Crippen LogP contribution in [0.25, 0.3) is 0 Å². The number of hydrogen-bond donors (Lipinski definition) is 1. The first kappa shape index (κ1) is 8.11. The Labute approximate surface area is 69.8 Å². The van der Waals surface area contributed by atoms with Gasteiger partial charge in [0, 0.05) is 18.2 Å². The first-order valence-electron chi connectivity index (χ1n) is 3.26. The van der Waals surface area contributed by atoms with E-state index >= 15 is 0 Å². The zero-order chi connectivity index (χ0) is 7.07. The molecule has 1 fully saturated rings. The highest BCUT2D eigenvalue weighted by Gasteiger charge is 1.93. The van der Waals surface area contributed by atoms with Crippen LogP contribution in [0.3, 0.4) is 0 Å². The van der Waals surface area contributed by atoms with Gasteiger partial charge in [0.1, 0.15) is 0 Å². The third kappa shape index (κ3) is 3.93. The number of nitrogens with one attached hydrogen (secondary N) is 1. The monoisotopic (exact) mass is 173 g/mol. The third-order valence-electron chi connectivity index (χ3n) is 1.05. The summed E-state index contributed by atoms with van der Waals surface area (Å²) in [5.74, 6) is 2.47. The largest absolute Gasteiger partial charge is 0.307 e. The fourth-order valence-corrected chi connectivity index (χ4v) is 1.76. The maximum Gasteiger partial charge on any atom is 0.0418 e. The van der Waals surface area contributed by atoms with Crippen LogP contribution in [0.4, 0.5) is 0 Å². The van der Waals surface area contributed by atoms with Crippen LogP contribution in [0.15, 0.2) is 22.9 Å². The Morgan fingerprint density at radius 2 is 2.00 bits per heavy atom. The summed E-state index contributed by atoms with van der Waals surface area (Å²) in [6.45, 7) is 1.21. The molecule has 0 aliphatic carbocycles. The average molecular weight is 173 g/mol. The Balaban J connectivity index is 0.0000001000. The highest BCUT2D eigenvalue weighted by atomic mass is 32.2.